The molecule has 1 aliphatic rings. The molecule has 0 fully saturated rings. The van der Waals surface area contributed by atoms with Crippen LogP contribution in [0, 0.1) is 11.6 Å². The van der Waals surface area contributed by atoms with Crippen LogP contribution < -0.4 is 5.32 Å². The number of halogens is 2. The summed E-state index contributed by atoms with van der Waals surface area (Å²) in [6.45, 7) is 0.368. The van der Waals surface area contributed by atoms with Gasteiger partial charge in [0.25, 0.3) is 0 Å². The van der Waals surface area contributed by atoms with E-state index in [1.807, 2.05) is 6.07 Å². The van der Waals surface area contributed by atoms with Crippen LogP contribution in [0.1, 0.15) is 29.2 Å². The zero-order valence-electron chi connectivity index (χ0n) is 12.5. The lowest BCUT2D eigenvalue weighted by Gasteiger charge is -2.23. The van der Waals surface area contributed by atoms with Crippen molar-refractivity contribution in [1.82, 2.24) is 9.78 Å². The summed E-state index contributed by atoms with van der Waals surface area (Å²) in [4.78, 5) is 12.1. The monoisotopic (exact) mass is 329 g/mol. The van der Waals surface area contributed by atoms with Crippen molar-refractivity contribution in [2.75, 3.05) is 5.32 Å². The van der Waals surface area contributed by atoms with Crippen LogP contribution in [0.25, 0.3) is 0 Å². The fourth-order valence-corrected chi connectivity index (χ4v) is 2.97. The molecule has 3 heterocycles. The second kappa shape index (κ2) is 5.59. The Balaban J connectivity index is 1.73. The number of rotatable bonds is 3. The molecule has 1 unspecified atom stereocenters. The van der Waals surface area contributed by atoms with E-state index in [1.165, 1.54) is 6.07 Å². The third-order valence-corrected chi connectivity index (χ3v) is 4.12. The van der Waals surface area contributed by atoms with Crippen LogP contribution in [0.4, 0.5) is 14.6 Å². The highest BCUT2D eigenvalue weighted by Crippen LogP contribution is 2.37. The second-order valence-electron chi connectivity index (χ2n) is 5.66. The zero-order chi connectivity index (χ0) is 16.7. The summed E-state index contributed by atoms with van der Waals surface area (Å²) in [5, 5.41) is 7.10. The summed E-state index contributed by atoms with van der Waals surface area (Å²) < 4.78 is 33.7. The molecule has 3 aromatic rings. The smallest absolute Gasteiger partial charge is 0.226 e. The Hall–Kier alpha value is -2.96. The van der Waals surface area contributed by atoms with Crippen molar-refractivity contribution in [1.29, 1.82) is 0 Å². The van der Waals surface area contributed by atoms with Gasteiger partial charge in [0.15, 0.2) is 11.6 Å². The van der Waals surface area contributed by atoms with Crippen LogP contribution in [0.5, 0.6) is 0 Å². The number of furan rings is 1. The summed E-state index contributed by atoms with van der Waals surface area (Å²) in [5.41, 5.74) is 1.31. The molecule has 122 valence electrons. The summed E-state index contributed by atoms with van der Waals surface area (Å²) in [7, 11) is 0. The third-order valence-electron chi connectivity index (χ3n) is 4.12. The fraction of sp³-hybridized carbons (Fsp3) is 0.176. The van der Waals surface area contributed by atoms with E-state index < -0.39 is 11.6 Å². The minimum Gasteiger partial charge on any atom is -0.467 e. The molecule has 1 atom stereocenters. The fourth-order valence-electron chi connectivity index (χ4n) is 2.97. The molecule has 2 aromatic heterocycles. The maximum absolute atomic E-state index is 13.6. The number of hydrogen-bond acceptors (Lipinski definition) is 3. The summed E-state index contributed by atoms with van der Waals surface area (Å²) in [6.07, 6.45) is 3.36. The van der Waals surface area contributed by atoms with E-state index in [9.17, 15) is 13.6 Å². The summed E-state index contributed by atoms with van der Waals surface area (Å²) >= 11 is 0. The van der Waals surface area contributed by atoms with Gasteiger partial charge in [0.05, 0.1) is 12.5 Å². The third kappa shape index (κ3) is 2.47. The van der Waals surface area contributed by atoms with E-state index in [0.717, 1.165) is 17.7 Å². The van der Waals surface area contributed by atoms with E-state index in [-0.39, 0.29) is 18.2 Å². The van der Waals surface area contributed by atoms with E-state index in [0.29, 0.717) is 23.7 Å². The molecule has 0 bridgehead atoms. The molecule has 1 amide bonds. The molecule has 7 heteroatoms. The number of benzene rings is 1. The highest BCUT2D eigenvalue weighted by molar-refractivity contribution is 5.94. The van der Waals surface area contributed by atoms with Gasteiger partial charge in [-0.05, 0) is 29.8 Å². The van der Waals surface area contributed by atoms with Crippen LogP contribution in [0.3, 0.4) is 0 Å². The Bertz CT molecular complexity index is 903. The van der Waals surface area contributed by atoms with Gasteiger partial charge in [-0.15, -0.1) is 0 Å². The predicted octanol–water partition coefficient (Wildman–Crippen LogP) is 3.28. The molecule has 1 N–H and O–H groups in total. The van der Waals surface area contributed by atoms with E-state index in [2.05, 4.69) is 10.4 Å². The van der Waals surface area contributed by atoms with Crippen molar-refractivity contribution in [3.63, 3.8) is 0 Å². The maximum Gasteiger partial charge on any atom is 0.226 e. The molecule has 24 heavy (non-hydrogen) atoms. The Morgan fingerprint density at radius 2 is 2.17 bits per heavy atom. The van der Waals surface area contributed by atoms with Crippen molar-refractivity contribution in [2.45, 2.75) is 18.9 Å². The lowest BCUT2D eigenvalue weighted by Crippen LogP contribution is -2.25. The molecule has 5 nitrogen and oxygen atoms in total. The molecule has 0 saturated carbocycles. The topological polar surface area (TPSA) is 60.1 Å². The number of amides is 1. The van der Waals surface area contributed by atoms with Gasteiger partial charge in [-0.3, -0.25) is 4.79 Å². The quantitative estimate of drug-likeness (QED) is 0.802. The van der Waals surface area contributed by atoms with Crippen molar-refractivity contribution in [2.24, 2.45) is 0 Å². The van der Waals surface area contributed by atoms with Crippen LogP contribution in [-0.4, -0.2) is 15.7 Å². The van der Waals surface area contributed by atoms with Gasteiger partial charge < -0.3 is 9.73 Å². The SMILES string of the molecule is O=C1CC(c2ccc(F)c(F)c2)c2cnn(Cc3ccco3)c2N1. The Kier molecular flexibility index (Phi) is 3.41. The van der Waals surface area contributed by atoms with Crippen molar-refractivity contribution >= 4 is 11.7 Å². The molecular formula is C17H13F2N3O2. The zero-order valence-corrected chi connectivity index (χ0v) is 12.5. The predicted molar refractivity (Wildman–Crippen MR) is 81.5 cm³/mol. The van der Waals surface area contributed by atoms with E-state index >= 15 is 0 Å². The van der Waals surface area contributed by atoms with Crippen molar-refractivity contribution < 1.29 is 18.0 Å². The first-order valence-corrected chi connectivity index (χ1v) is 7.44. The van der Waals surface area contributed by atoms with Crippen molar-refractivity contribution in [3.8, 4) is 0 Å². The lowest BCUT2D eigenvalue weighted by atomic mass is 9.87. The van der Waals surface area contributed by atoms with Gasteiger partial charge >= 0.3 is 0 Å². The minimum absolute atomic E-state index is 0.157. The van der Waals surface area contributed by atoms with Crippen LogP contribution >= 0.6 is 0 Å². The second-order valence-corrected chi connectivity index (χ2v) is 5.66. The van der Waals surface area contributed by atoms with Crippen LogP contribution in [0.2, 0.25) is 0 Å². The average molecular weight is 329 g/mol. The van der Waals surface area contributed by atoms with Gasteiger partial charge in [0, 0.05) is 17.9 Å². The minimum atomic E-state index is -0.928. The molecule has 0 radical (unpaired) electrons. The van der Waals surface area contributed by atoms with Gasteiger partial charge in [-0.25, -0.2) is 13.5 Å². The van der Waals surface area contributed by atoms with E-state index in [4.69, 9.17) is 4.42 Å². The number of nitrogens with zero attached hydrogens (tertiary/aromatic N) is 2. The Labute approximate surface area is 135 Å². The Morgan fingerprint density at radius 3 is 2.92 bits per heavy atom. The standard InChI is InChI=1S/C17H13F2N3O2/c18-14-4-3-10(6-15(14)19)12-7-16(23)21-17-13(12)8-20-22(17)9-11-2-1-5-24-11/h1-6,8,12H,7,9H2,(H,21,23). The van der Waals surface area contributed by atoms with Gasteiger partial charge in [0.1, 0.15) is 18.1 Å². The highest BCUT2D eigenvalue weighted by Gasteiger charge is 2.30. The van der Waals surface area contributed by atoms with Gasteiger partial charge in [-0.2, -0.15) is 5.10 Å². The van der Waals surface area contributed by atoms with Crippen LogP contribution in [0.15, 0.2) is 47.2 Å². The van der Waals surface area contributed by atoms with Crippen LogP contribution in [-0.2, 0) is 11.3 Å². The lowest BCUT2D eigenvalue weighted by molar-refractivity contribution is -0.116. The summed E-state index contributed by atoms with van der Waals surface area (Å²) in [6, 6.07) is 7.28. The van der Waals surface area contributed by atoms with Gasteiger partial charge in [0.2, 0.25) is 5.91 Å². The molecule has 4 rings (SSSR count). The Morgan fingerprint density at radius 1 is 1.29 bits per heavy atom. The number of nitrogens with one attached hydrogen (secondary N) is 1. The number of carbonyl (C=O) groups excluding carboxylic acids is 1. The molecule has 1 aliphatic heterocycles. The highest BCUT2D eigenvalue weighted by atomic mass is 19.2. The molecule has 0 saturated heterocycles. The number of hydrogen-bond donors (Lipinski definition) is 1. The van der Waals surface area contributed by atoms with Crippen molar-refractivity contribution in [3.05, 3.63) is 71.3 Å². The number of anilines is 1. The molecule has 0 aliphatic carbocycles. The molecule has 0 spiro atoms. The average Bonchev–Trinajstić information content (AvgIpc) is 3.20. The maximum atomic E-state index is 13.6. The first-order chi connectivity index (χ1) is 11.6. The molecular weight excluding hydrogens is 316 g/mol. The number of carbonyl (C=O) groups is 1. The largest absolute Gasteiger partial charge is 0.467 e. The van der Waals surface area contributed by atoms with E-state index in [1.54, 1.807) is 23.2 Å². The normalized spacial score (nSPS) is 16.8. The number of fused-ring (bicyclic) bond motifs is 1. The number of aromatic nitrogens is 2. The first kappa shape index (κ1) is 14.6. The summed E-state index contributed by atoms with van der Waals surface area (Å²) in [5.74, 6) is -1.15. The van der Waals surface area contributed by atoms with Gasteiger partial charge in [-0.1, -0.05) is 6.07 Å². The molecule has 1 aromatic carbocycles. The first-order valence-electron chi connectivity index (χ1n) is 7.44.